The molecule has 0 amide bonds. The van der Waals surface area contributed by atoms with Crippen LogP contribution in [-0.2, 0) is 39.8 Å². The SMILES string of the molecule is CCCCC(n1c(=O)n(C(CCCC)[Si](OC)(OC)OC)c(=O)n(C(CCCC)[Si](OC)(OC)OC)c1=O)[Si](OC)(OC)OC. The van der Waals surface area contributed by atoms with E-state index < -0.39 is 60.5 Å². The van der Waals surface area contributed by atoms with Crippen LogP contribution in [-0.4, -0.2) is 104 Å². The molecule has 1 rings (SSSR count). The highest BCUT2D eigenvalue weighted by Crippen LogP contribution is 2.31. The summed E-state index contributed by atoms with van der Waals surface area (Å²) in [4.78, 5) is 44.4. The van der Waals surface area contributed by atoms with Crippen molar-refractivity contribution in [2.75, 3.05) is 64.0 Å². The fourth-order valence-corrected chi connectivity index (χ4v) is 13.2. The molecule has 0 aromatic carbocycles. The molecule has 0 spiro atoms. The second kappa shape index (κ2) is 19.5. The Kier molecular flexibility index (Phi) is 18.1. The molecular weight excluding hydrogens is 643 g/mol. The topological polar surface area (TPSA) is 149 Å². The quantitative estimate of drug-likeness (QED) is 0.146. The summed E-state index contributed by atoms with van der Waals surface area (Å²) >= 11 is 0. The van der Waals surface area contributed by atoms with Gasteiger partial charge in [0.25, 0.3) is 0 Å². The van der Waals surface area contributed by atoms with Crippen LogP contribution < -0.4 is 17.1 Å². The molecule has 264 valence electrons. The minimum Gasteiger partial charge on any atom is -0.376 e. The first kappa shape index (κ1) is 41.7. The summed E-state index contributed by atoms with van der Waals surface area (Å²) < 4.78 is 55.8. The van der Waals surface area contributed by atoms with E-state index in [1.165, 1.54) is 64.0 Å². The molecule has 0 aliphatic heterocycles. The van der Waals surface area contributed by atoms with Gasteiger partial charge in [0.15, 0.2) is 0 Å². The number of hydrogen-bond acceptors (Lipinski definition) is 12. The zero-order valence-electron chi connectivity index (χ0n) is 29.3. The molecule has 18 heteroatoms. The van der Waals surface area contributed by atoms with Crippen molar-refractivity contribution in [1.29, 1.82) is 0 Å². The predicted molar refractivity (Wildman–Crippen MR) is 175 cm³/mol. The molecule has 0 radical (unpaired) electrons. The van der Waals surface area contributed by atoms with E-state index in [2.05, 4.69) is 0 Å². The van der Waals surface area contributed by atoms with Crippen LogP contribution in [0.4, 0.5) is 0 Å². The van der Waals surface area contributed by atoms with Crippen LogP contribution in [0.1, 0.15) is 95.6 Å². The van der Waals surface area contributed by atoms with Gasteiger partial charge in [0.05, 0.1) is 0 Å². The van der Waals surface area contributed by atoms with E-state index in [9.17, 15) is 14.4 Å². The number of nitrogens with zero attached hydrogens (tertiary/aromatic N) is 3. The molecule has 1 aromatic rings. The molecule has 0 aliphatic rings. The lowest BCUT2D eigenvalue weighted by atomic mass is 10.2. The van der Waals surface area contributed by atoms with Crippen molar-refractivity contribution in [3.05, 3.63) is 31.5 Å². The second-order valence-corrected chi connectivity index (χ2v) is 19.9. The lowest BCUT2D eigenvalue weighted by Crippen LogP contribution is -2.67. The molecular formula is C27H57N3O12Si3. The first-order chi connectivity index (χ1) is 21.5. The summed E-state index contributed by atoms with van der Waals surface area (Å²) in [7, 11) is 1.55. The molecule has 45 heavy (non-hydrogen) atoms. The Hall–Kier alpha value is -1.30. The third kappa shape index (κ3) is 8.41. The zero-order valence-corrected chi connectivity index (χ0v) is 32.3. The summed E-state index contributed by atoms with van der Waals surface area (Å²) in [6.07, 6.45) is 4.97. The fraction of sp³-hybridized carbons (Fsp3) is 0.889. The molecule has 0 bridgehead atoms. The van der Waals surface area contributed by atoms with Gasteiger partial charge in [0.1, 0.15) is 17.0 Å². The van der Waals surface area contributed by atoms with Crippen molar-refractivity contribution in [2.45, 2.75) is 95.6 Å². The number of aromatic nitrogens is 3. The van der Waals surface area contributed by atoms with E-state index >= 15 is 0 Å². The van der Waals surface area contributed by atoms with E-state index in [4.69, 9.17) is 39.8 Å². The Morgan fingerprint density at radius 1 is 0.422 bits per heavy atom. The van der Waals surface area contributed by atoms with Crippen LogP contribution in [0.15, 0.2) is 14.4 Å². The van der Waals surface area contributed by atoms with Gasteiger partial charge in [-0.15, -0.1) is 0 Å². The number of unbranched alkanes of at least 4 members (excludes halogenated alkanes) is 3. The lowest BCUT2D eigenvalue weighted by Gasteiger charge is -2.38. The van der Waals surface area contributed by atoms with Gasteiger partial charge in [-0.3, -0.25) is 0 Å². The van der Waals surface area contributed by atoms with Crippen LogP contribution in [0.2, 0.25) is 0 Å². The Balaban J connectivity index is 4.71. The van der Waals surface area contributed by atoms with E-state index in [0.29, 0.717) is 38.5 Å². The van der Waals surface area contributed by atoms with Gasteiger partial charge in [-0.05, 0) is 19.3 Å². The minimum atomic E-state index is -3.74. The molecule has 15 nitrogen and oxygen atoms in total. The van der Waals surface area contributed by atoms with Crippen LogP contribution in [0.3, 0.4) is 0 Å². The molecule has 0 N–H and O–H groups in total. The molecule has 1 heterocycles. The predicted octanol–water partition coefficient (Wildman–Crippen LogP) is 2.62. The Morgan fingerprint density at radius 2 is 0.600 bits per heavy atom. The van der Waals surface area contributed by atoms with Crippen molar-refractivity contribution in [3.63, 3.8) is 0 Å². The summed E-state index contributed by atoms with van der Waals surface area (Å²) in [6.45, 7) is 5.96. The largest absolute Gasteiger partial charge is 0.524 e. The van der Waals surface area contributed by atoms with E-state index in [1.807, 2.05) is 20.8 Å². The van der Waals surface area contributed by atoms with Gasteiger partial charge < -0.3 is 39.8 Å². The lowest BCUT2D eigenvalue weighted by molar-refractivity contribution is 0.0859. The van der Waals surface area contributed by atoms with Crippen LogP contribution in [0, 0.1) is 0 Å². The maximum Gasteiger partial charge on any atom is 0.524 e. The average Bonchev–Trinajstić information content (AvgIpc) is 3.06. The average molecular weight is 700 g/mol. The zero-order chi connectivity index (χ0) is 34.4. The Bertz CT molecular complexity index is 984. The first-order valence-electron chi connectivity index (χ1n) is 15.5. The van der Waals surface area contributed by atoms with Crippen molar-refractivity contribution < 1.29 is 39.8 Å². The van der Waals surface area contributed by atoms with Gasteiger partial charge >= 0.3 is 43.5 Å². The standard InChI is InChI=1S/C27H57N3O12Si3/c1-13-16-19-22(43(34-4,35-5)36-6)28-25(31)29(23(20-17-14-2)44(37-7,38-8)39-9)27(33)30(26(28)32)24(21-18-15-3)45(40-10,41-11)42-12/h22-24H,13-21H2,1-12H3. The summed E-state index contributed by atoms with van der Waals surface area (Å²) in [5.74, 6) is 0. The fourth-order valence-electron chi connectivity index (χ4n) is 5.95. The van der Waals surface area contributed by atoms with Crippen LogP contribution in [0.5, 0.6) is 0 Å². The number of hydrogen-bond donors (Lipinski definition) is 0. The summed E-state index contributed by atoms with van der Waals surface area (Å²) in [5, 5.41) is 0. The maximum atomic E-state index is 14.8. The van der Waals surface area contributed by atoms with Crippen LogP contribution in [0.25, 0.3) is 0 Å². The third-order valence-electron chi connectivity index (χ3n) is 8.45. The highest BCUT2D eigenvalue weighted by molar-refractivity contribution is 6.62. The van der Waals surface area contributed by atoms with Crippen molar-refractivity contribution in [2.24, 2.45) is 0 Å². The van der Waals surface area contributed by atoms with Gasteiger partial charge in [-0.25, -0.2) is 28.1 Å². The van der Waals surface area contributed by atoms with E-state index in [1.54, 1.807) is 0 Å². The first-order valence-corrected chi connectivity index (χ1v) is 20.9. The molecule has 0 fully saturated rings. The van der Waals surface area contributed by atoms with E-state index in [-0.39, 0.29) is 0 Å². The summed E-state index contributed by atoms with van der Waals surface area (Å²) in [6, 6.07) is 0. The highest BCUT2D eigenvalue weighted by Gasteiger charge is 2.55. The van der Waals surface area contributed by atoms with Gasteiger partial charge in [-0.1, -0.05) is 59.3 Å². The van der Waals surface area contributed by atoms with Crippen LogP contribution >= 0.6 is 0 Å². The molecule has 3 atom stereocenters. The second-order valence-electron chi connectivity index (χ2n) is 10.6. The molecule has 0 saturated carbocycles. The van der Waals surface area contributed by atoms with Gasteiger partial charge in [0.2, 0.25) is 0 Å². The highest BCUT2D eigenvalue weighted by atomic mass is 28.4. The monoisotopic (exact) mass is 699 g/mol. The van der Waals surface area contributed by atoms with Crippen molar-refractivity contribution >= 4 is 26.4 Å². The molecule has 3 unspecified atom stereocenters. The van der Waals surface area contributed by atoms with Crippen molar-refractivity contribution in [3.8, 4) is 0 Å². The van der Waals surface area contributed by atoms with Gasteiger partial charge in [0, 0.05) is 64.0 Å². The molecule has 1 aromatic heterocycles. The smallest absolute Gasteiger partial charge is 0.376 e. The minimum absolute atomic E-state index is 0.299. The molecule has 0 saturated heterocycles. The Labute approximate surface area is 270 Å². The van der Waals surface area contributed by atoms with E-state index in [0.717, 1.165) is 33.0 Å². The molecule has 0 aliphatic carbocycles. The van der Waals surface area contributed by atoms with Crippen molar-refractivity contribution in [1.82, 2.24) is 13.7 Å². The number of rotatable bonds is 24. The normalized spacial score (nSPS) is 14.9. The Morgan fingerprint density at radius 3 is 0.733 bits per heavy atom. The third-order valence-corrected chi connectivity index (χ3v) is 17.7. The van der Waals surface area contributed by atoms with Gasteiger partial charge in [-0.2, -0.15) is 0 Å². The maximum absolute atomic E-state index is 14.8. The summed E-state index contributed by atoms with van der Waals surface area (Å²) in [5.41, 5.74) is -5.57.